The summed E-state index contributed by atoms with van der Waals surface area (Å²) < 4.78 is 11.3. The zero-order chi connectivity index (χ0) is 11.7. The predicted molar refractivity (Wildman–Crippen MR) is 66.6 cm³/mol. The van der Waals surface area contributed by atoms with Crippen molar-refractivity contribution >= 4 is 8.32 Å². The second kappa shape index (κ2) is 4.40. The molecule has 0 unspecified atom stereocenters. The van der Waals surface area contributed by atoms with E-state index in [0.717, 1.165) is 6.61 Å². The van der Waals surface area contributed by atoms with Crippen molar-refractivity contribution in [1.82, 2.24) is 0 Å². The minimum Gasteiger partial charge on any atom is -0.413 e. The minimum absolute atomic E-state index is 0.296. The second-order valence-electron chi connectivity index (χ2n) is 5.81. The van der Waals surface area contributed by atoms with Gasteiger partial charge in [0, 0.05) is 0 Å². The van der Waals surface area contributed by atoms with Crippen LogP contribution in [-0.2, 0) is 9.16 Å². The highest BCUT2D eigenvalue weighted by Gasteiger charge is 2.36. The molecule has 0 aliphatic carbocycles. The Morgan fingerprint density at radius 2 is 1.87 bits per heavy atom. The molecular formula is C12H24O2Si. The molecule has 0 aromatic carbocycles. The average molecular weight is 228 g/mol. The first kappa shape index (κ1) is 12.9. The first-order chi connectivity index (χ1) is 6.74. The minimum atomic E-state index is -1.57. The molecule has 88 valence electrons. The van der Waals surface area contributed by atoms with E-state index in [0.29, 0.717) is 17.2 Å². The van der Waals surface area contributed by atoms with Crippen LogP contribution >= 0.6 is 0 Å². The summed E-state index contributed by atoms with van der Waals surface area (Å²) in [6, 6.07) is 0. The van der Waals surface area contributed by atoms with Crippen molar-refractivity contribution in [2.24, 2.45) is 0 Å². The van der Waals surface area contributed by atoms with Crippen molar-refractivity contribution in [1.29, 1.82) is 0 Å². The monoisotopic (exact) mass is 228 g/mol. The van der Waals surface area contributed by atoms with Crippen LogP contribution in [0.5, 0.6) is 0 Å². The third kappa shape index (κ3) is 3.74. The summed E-state index contributed by atoms with van der Waals surface area (Å²) in [6.45, 7) is 14.1. The molecule has 2 atom stereocenters. The van der Waals surface area contributed by atoms with Crippen LogP contribution in [0.1, 0.15) is 27.7 Å². The van der Waals surface area contributed by atoms with Gasteiger partial charge >= 0.3 is 0 Å². The highest BCUT2D eigenvalue weighted by molar-refractivity contribution is 6.74. The van der Waals surface area contributed by atoms with E-state index in [9.17, 15) is 0 Å². The predicted octanol–water partition coefficient (Wildman–Crippen LogP) is 3.35. The fourth-order valence-corrected chi connectivity index (χ4v) is 2.01. The molecule has 1 heterocycles. The van der Waals surface area contributed by atoms with E-state index in [4.69, 9.17) is 9.16 Å². The van der Waals surface area contributed by atoms with Crippen LogP contribution in [0.3, 0.4) is 0 Å². The number of ether oxygens (including phenoxy) is 1. The summed E-state index contributed by atoms with van der Waals surface area (Å²) in [5.41, 5.74) is 0. The lowest BCUT2D eigenvalue weighted by molar-refractivity contribution is 0.327. The van der Waals surface area contributed by atoms with Crippen LogP contribution in [0.4, 0.5) is 0 Å². The average Bonchev–Trinajstić information content (AvgIpc) is 2.74. The molecule has 1 saturated heterocycles. The van der Waals surface area contributed by atoms with Crippen LogP contribution in [-0.4, -0.2) is 27.1 Å². The molecule has 0 saturated carbocycles. The molecule has 0 spiro atoms. The Morgan fingerprint density at radius 3 is 2.27 bits per heavy atom. The van der Waals surface area contributed by atoms with Gasteiger partial charge in [-0.15, -0.1) is 0 Å². The van der Waals surface area contributed by atoms with Gasteiger partial charge in [-0.25, -0.2) is 0 Å². The molecule has 0 aromatic rings. The van der Waals surface area contributed by atoms with E-state index in [1.807, 2.05) is 0 Å². The molecule has 3 heteroatoms. The molecule has 0 aromatic heterocycles. The highest BCUT2D eigenvalue weighted by Crippen LogP contribution is 2.36. The third-order valence-electron chi connectivity index (χ3n) is 3.43. The Bertz CT molecular complexity index is 240. The Balaban J connectivity index is 2.27. The molecule has 1 aliphatic rings. The Morgan fingerprint density at radius 1 is 1.33 bits per heavy atom. The summed E-state index contributed by atoms with van der Waals surface area (Å²) in [6.07, 6.45) is 4.95. The quantitative estimate of drug-likeness (QED) is 0.418. The van der Waals surface area contributed by atoms with Crippen molar-refractivity contribution in [3.05, 3.63) is 12.2 Å². The van der Waals surface area contributed by atoms with Gasteiger partial charge in [0.1, 0.15) is 6.10 Å². The highest BCUT2D eigenvalue weighted by atomic mass is 28.4. The molecule has 15 heavy (non-hydrogen) atoms. The van der Waals surface area contributed by atoms with Crippen molar-refractivity contribution in [3.63, 3.8) is 0 Å². The summed E-state index contributed by atoms with van der Waals surface area (Å²) >= 11 is 0. The van der Waals surface area contributed by atoms with Gasteiger partial charge in [-0.3, -0.25) is 0 Å². The molecule has 0 radical (unpaired) electrons. The van der Waals surface area contributed by atoms with E-state index in [-0.39, 0.29) is 0 Å². The van der Waals surface area contributed by atoms with Gasteiger partial charge in [0.2, 0.25) is 0 Å². The Labute approximate surface area is 94.8 Å². The van der Waals surface area contributed by atoms with E-state index < -0.39 is 8.32 Å². The van der Waals surface area contributed by atoms with E-state index >= 15 is 0 Å². The van der Waals surface area contributed by atoms with Crippen LogP contribution in [0.2, 0.25) is 18.1 Å². The molecule has 1 rings (SSSR count). The van der Waals surface area contributed by atoms with E-state index in [2.05, 4.69) is 52.9 Å². The topological polar surface area (TPSA) is 21.8 Å². The zero-order valence-corrected chi connectivity index (χ0v) is 11.8. The summed E-state index contributed by atoms with van der Waals surface area (Å²) in [7, 11) is -1.57. The van der Waals surface area contributed by atoms with Crippen LogP contribution < -0.4 is 0 Å². The fraction of sp³-hybridized carbons (Fsp3) is 0.833. The van der Waals surface area contributed by atoms with Gasteiger partial charge in [-0.2, -0.15) is 0 Å². The van der Waals surface area contributed by atoms with Crippen molar-refractivity contribution in [3.8, 4) is 0 Å². The number of epoxide rings is 1. The zero-order valence-electron chi connectivity index (χ0n) is 10.8. The Hall–Kier alpha value is -0.123. The lowest BCUT2D eigenvalue weighted by Crippen LogP contribution is -2.40. The van der Waals surface area contributed by atoms with Gasteiger partial charge < -0.3 is 9.16 Å². The number of hydrogen-bond acceptors (Lipinski definition) is 2. The maximum Gasteiger partial charge on any atom is 0.192 e. The fourth-order valence-electron chi connectivity index (χ4n) is 1.07. The van der Waals surface area contributed by atoms with Gasteiger partial charge in [0.05, 0.1) is 12.7 Å². The molecular weight excluding hydrogens is 204 g/mol. The largest absolute Gasteiger partial charge is 0.413 e. The van der Waals surface area contributed by atoms with Gasteiger partial charge in [-0.05, 0) is 25.1 Å². The Kier molecular flexibility index (Phi) is 3.79. The molecule has 0 bridgehead atoms. The van der Waals surface area contributed by atoms with Crippen molar-refractivity contribution in [2.75, 3.05) is 6.61 Å². The molecule has 1 fully saturated rings. The van der Waals surface area contributed by atoms with E-state index in [1.54, 1.807) is 0 Å². The van der Waals surface area contributed by atoms with Crippen LogP contribution in [0.25, 0.3) is 0 Å². The van der Waals surface area contributed by atoms with Gasteiger partial charge in [0.15, 0.2) is 8.32 Å². The van der Waals surface area contributed by atoms with E-state index in [1.165, 1.54) is 0 Å². The summed E-state index contributed by atoms with van der Waals surface area (Å²) in [5.74, 6) is 0. The second-order valence-corrected chi connectivity index (χ2v) is 10.6. The van der Waals surface area contributed by atoms with Crippen molar-refractivity contribution in [2.45, 2.75) is 58.0 Å². The molecule has 0 N–H and O–H groups in total. The standard InChI is InChI=1S/C12H24O2Si/c1-10-11(14-10)8-7-9-13-15(5,6)12(2,3)4/h7-8,10-11H,9H2,1-6H3/b8-7+/t10-,11-/m1/s1. The summed E-state index contributed by atoms with van der Waals surface area (Å²) in [5, 5.41) is 0.296. The smallest absolute Gasteiger partial charge is 0.192 e. The maximum atomic E-state index is 6.00. The van der Waals surface area contributed by atoms with Crippen LogP contribution in [0.15, 0.2) is 12.2 Å². The lowest BCUT2D eigenvalue weighted by Gasteiger charge is -2.35. The summed E-state index contributed by atoms with van der Waals surface area (Å²) in [4.78, 5) is 0. The third-order valence-corrected chi connectivity index (χ3v) is 7.93. The van der Waals surface area contributed by atoms with Gasteiger partial charge in [-0.1, -0.05) is 32.9 Å². The lowest BCUT2D eigenvalue weighted by atomic mass is 10.2. The van der Waals surface area contributed by atoms with Gasteiger partial charge in [0.25, 0.3) is 0 Å². The normalized spacial score (nSPS) is 27.3. The maximum absolute atomic E-state index is 6.00. The molecule has 2 nitrogen and oxygen atoms in total. The molecule has 0 amide bonds. The first-order valence-electron chi connectivity index (χ1n) is 5.70. The SMILES string of the molecule is C[C@H]1O[C@@H]1/C=C/CO[Si](C)(C)C(C)(C)C. The number of rotatable bonds is 4. The first-order valence-corrected chi connectivity index (χ1v) is 8.61. The van der Waals surface area contributed by atoms with Crippen molar-refractivity contribution < 1.29 is 9.16 Å². The number of hydrogen-bond donors (Lipinski definition) is 0. The van der Waals surface area contributed by atoms with Crippen LogP contribution in [0, 0.1) is 0 Å². The molecule has 1 aliphatic heterocycles.